The number of rotatable bonds is 7. The molecule has 0 aliphatic carbocycles. The van der Waals surface area contributed by atoms with Crippen LogP contribution < -0.4 is 5.32 Å². The molecule has 132 valence electrons. The van der Waals surface area contributed by atoms with E-state index >= 15 is 0 Å². The predicted octanol–water partition coefficient (Wildman–Crippen LogP) is 4.39. The molecule has 0 amide bonds. The van der Waals surface area contributed by atoms with Crippen molar-refractivity contribution in [2.45, 2.75) is 13.5 Å². The summed E-state index contributed by atoms with van der Waals surface area (Å²) < 4.78 is 4.89. The number of benzene rings is 1. The van der Waals surface area contributed by atoms with E-state index in [1.165, 1.54) is 6.08 Å². The van der Waals surface area contributed by atoms with Crippen LogP contribution in [-0.4, -0.2) is 22.5 Å². The molecule has 3 aromatic rings. The predicted molar refractivity (Wildman–Crippen MR) is 105 cm³/mol. The molecule has 0 aliphatic rings. The molecule has 0 fully saturated rings. The lowest BCUT2D eigenvalue weighted by Gasteiger charge is -2.04. The summed E-state index contributed by atoms with van der Waals surface area (Å²) in [7, 11) is 0. The lowest BCUT2D eigenvalue weighted by Crippen LogP contribution is -1.99. The second kappa shape index (κ2) is 8.92. The number of carbonyl (C=O) groups excluding carboxylic acids is 1. The number of thiazole rings is 1. The molecule has 1 N–H and O–H groups in total. The summed E-state index contributed by atoms with van der Waals surface area (Å²) in [5, 5.41) is 4.20. The van der Waals surface area contributed by atoms with E-state index in [9.17, 15) is 4.79 Å². The van der Waals surface area contributed by atoms with Crippen molar-refractivity contribution in [3.8, 4) is 10.4 Å². The van der Waals surface area contributed by atoms with Crippen LogP contribution in [0.3, 0.4) is 0 Å². The SMILES string of the molecule is CCOC(=O)/C=C/c1cccc(CNc2ncc(-c3ccncc3)s2)c1. The van der Waals surface area contributed by atoms with Crippen LogP contribution in [-0.2, 0) is 16.1 Å². The van der Waals surface area contributed by atoms with Gasteiger partial charge < -0.3 is 10.1 Å². The number of nitrogens with one attached hydrogen (secondary N) is 1. The van der Waals surface area contributed by atoms with Crippen LogP contribution in [0.5, 0.6) is 0 Å². The van der Waals surface area contributed by atoms with E-state index in [-0.39, 0.29) is 5.97 Å². The van der Waals surface area contributed by atoms with Gasteiger partial charge in [-0.2, -0.15) is 0 Å². The molecule has 0 spiro atoms. The zero-order valence-electron chi connectivity index (χ0n) is 14.4. The number of ether oxygens (including phenoxy) is 1. The Labute approximate surface area is 156 Å². The zero-order valence-corrected chi connectivity index (χ0v) is 15.2. The van der Waals surface area contributed by atoms with Gasteiger partial charge in [0.15, 0.2) is 5.13 Å². The number of hydrogen-bond donors (Lipinski definition) is 1. The van der Waals surface area contributed by atoms with Crippen molar-refractivity contribution in [1.29, 1.82) is 0 Å². The standard InChI is InChI=1S/C20H19N3O2S/c1-2-25-19(24)7-6-15-4-3-5-16(12-15)13-22-20-23-14-18(26-20)17-8-10-21-11-9-17/h3-12,14H,2,13H2,1H3,(H,22,23)/b7-6+. The van der Waals surface area contributed by atoms with Gasteiger partial charge in [0.25, 0.3) is 0 Å². The van der Waals surface area contributed by atoms with Gasteiger partial charge in [-0.25, -0.2) is 9.78 Å². The highest BCUT2D eigenvalue weighted by Crippen LogP contribution is 2.28. The van der Waals surface area contributed by atoms with Gasteiger partial charge >= 0.3 is 5.97 Å². The summed E-state index contributed by atoms with van der Waals surface area (Å²) in [6.45, 7) is 2.82. The monoisotopic (exact) mass is 365 g/mol. The number of anilines is 1. The van der Waals surface area contributed by atoms with Gasteiger partial charge in [0.05, 0.1) is 11.5 Å². The van der Waals surface area contributed by atoms with E-state index in [0.29, 0.717) is 13.2 Å². The lowest BCUT2D eigenvalue weighted by molar-refractivity contribution is -0.137. The van der Waals surface area contributed by atoms with Gasteiger partial charge in [-0.1, -0.05) is 29.5 Å². The molecule has 0 atom stereocenters. The normalized spacial score (nSPS) is 10.8. The van der Waals surface area contributed by atoms with Gasteiger partial charge in [0.1, 0.15) is 0 Å². The molecule has 0 bridgehead atoms. The van der Waals surface area contributed by atoms with Crippen molar-refractivity contribution in [3.63, 3.8) is 0 Å². The Bertz CT molecular complexity index is 891. The minimum atomic E-state index is -0.331. The Morgan fingerprint density at radius 1 is 1.27 bits per heavy atom. The molecule has 6 heteroatoms. The first-order valence-corrected chi connectivity index (χ1v) is 9.10. The molecule has 2 heterocycles. The van der Waals surface area contributed by atoms with E-state index in [1.807, 2.05) is 42.6 Å². The van der Waals surface area contributed by atoms with Crippen molar-refractivity contribution >= 4 is 28.5 Å². The smallest absolute Gasteiger partial charge is 0.330 e. The molecule has 5 nitrogen and oxygen atoms in total. The minimum Gasteiger partial charge on any atom is -0.463 e. The second-order valence-corrected chi connectivity index (χ2v) is 6.48. The van der Waals surface area contributed by atoms with Crippen molar-refractivity contribution in [1.82, 2.24) is 9.97 Å². The number of hydrogen-bond acceptors (Lipinski definition) is 6. The zero-order chi connectivity index (χ0) is 18.2. The highest BCUT2D eigenvalue weighted by atomic mass is 32.1. The van der Waals surface area contributed by atoms with Crippen LogP contribution in [0.2, 0.25) is 0 Å². The third-order valence-corrected chi connectivity index (χ3v) is 4.57. The molecule has 0 aliphatic heterocycles. The quantitative estimate of drug-likeness (QED) is 0.497. The van der Waals surface area contributed by atoms with Crippen molar-refractivity contribution in [3.05, 3.63) is 72.2 Å². The lowest BCUT2D eigenvalue weighted by atomic mass is 10.1. The maximum absolute atomic E-state index is 11.4. The maximum Gasteiger partial charge on any atom is 0.330 e. The van der Waals surface area contributed by atoms with Gasteiger partial charge in [0, 0.05) is 31.2 Å². The number of esters is 1. The van der Waals surface area contributed by atoms with Crippen molar-refractivity contribution in [2.75, 3.05) is 11.9 Å². The molecule has 0 saturated heterocycles. The summed E-state index contributed by atoms with van der Waals surface area (Å²) in [5.74, 6) is -0.331. The van der Waals surface area contributed by atoms with Crippen LogP contribution in [0, 0.1) is 0 Å². The van der Waals surface area contributed by atoms with E-state index in [4.69, 9.17) is 4.74 Å². The first-order valence-electron chi connectivity index (χ1n) is 8.28. The number of pyridine rings is 1. The molecular formula is C20H19N3O2S. The van der Waals surface area contributed by atoms with Gasteiger partial charge in [-0.3, -0.25) is 4.98 Å². The highest BCUT2D eigenvalue weighted by Gasteiger charge is 2.04. The number of carbonyl (C=O) groups is 1. The van der Waals surface area contributed by atoms with Gasteiger partial charge in [-0.05, 0) is 47.9 Å². The van der Waals surface area contributed by atoms with E-state index in [2.05, 4.69) is 15.3 Å². The Balaban J connectivity index is 1.61. The van der Waals surface area contributed by atoms with E-state index in [0.717, 1.165) is 26.7 Å². The van der Waals surface area contributed by atoms with Crippen LogP contribution in [0.4, 0.5) is 5.13 Å². The highest BCUT2D eigenvalue weighted by molar-refractivity contribution is 7.18. The fourth-order valence-electron chi connectivity index (χ4n) is 2.34. The summed E-state index contributed by atoms with van der Waals surface area (Å²) in [4.78, 5) is 21.0. The summed E-state index contributed by atoms with van der Waals surface area (Å²) >= 11 is 1.60. The van der Waals surface area contributed by atoms with Gasteiger partial charge in [0.2, 0.25) is 0 Å². The molecule has 0 saturated carbocycles. The molecule has 3 rings (SSSR count). The van der Waals surface area contributed by atoms with Gasteiger partial charge in [-0.15, -0.1) is 0 Å². The van der Waals surface area contributed by atoms with Crippen LogP contribution in [0.15, 0.2) is 61.1 Å². The third-order valence-electron chi connectivity index (χ3n) is 3.56. The topological polar surface area (TPSA) is 64.1 Å². The molecule has 2 aromatic heterocycles. The van der Waals surface area contributed by atoms with Crippen LogP contribution >= 0.6 is 11.3 Å². The fraction of sp³-hybridized carbons (Fsp3) is 0.150. The Morgan fingerprint density at radius 2 is 2.12 bits per heavy atom. The summed E-state index contributed by atoms with van der Waals surface area (Å²) in [5.41, 5.74) is 3.17. The third kappa shape index (κ3) is 5.00. The average molecular weight is 365 g/mol. The molecule has 1 aromatic carbocycles. The number of nitrogens with zero attached hydrogens (tertiary/aromatic N) is 2. The Kier molecular flexibility index (Phi) is 6.11. The van der Waals surface area contributed by atoms with E-state index < -0.39 is 0 Å². The molecule has 26 heavy (non-hydrogen) atoms. The second-order valence-electron chi connectivity index (χ2n) is 5.45. The Hall–Kier alpha value is -2.99. The van der Waals surface area contributed by atoms with Crippen LogP contribution in [0.25, 0.3) is 16.5 Å². The minimum absolute atomic E-state index is 0.331. The molecule has 0 radical (unpaired) electrons. The fourth-order valence-corrected chi connectivity index (χ4v) is 3.16. The molecule has 0 unspecified atom stereocenters. The first-order chi connectivity index (χ1) is 12.7. The Morgan fingerprint density at radius 3 is 2.92 bits per heavy atom. The van der Waals surface area contributed by atoms with Crippen molar-refractivity contribution < 1.29 is 9.53 Å². The number of aromatic nitrogens is 2. The van der Waals surface area contributed by atoms with Crippen molar-refractivity contribution in [2.24, 2.45) is 0 Å². The average Bonchev–Trinajstić information content (AvgIpc) is 3.15. The maximum atomic E-state index is 11.4. The summed E-state index contributed by atoms with van der Waals surface area (Å²) in [6.07, 6.45) is 8.61. The summed E-state index contributed by atoms with van der Waals surface area (Å²) in [6, 6.07) is 11.9. The molecular weight excluding hydrogens is 346 g/mol. The van der Waals surface area contributed by atoms with Crippen LogP contribution in [0.1, 0.15) is 18.1 Å². The first kappa shape index (κ1) is 17.8. The largest absolute Gasteiger partial charge is 0.463 e. The van der Waals surface area contributed by atoms with E-state index in [1.54, 1.807) is 36.7 Å².